The number of hydrogen-bond acceptors (Lipinski definition) is 5. The van der Waals surface area contributed by atoms with E-state index in [0.29, 0.717) is 18.6 Å². The van der Waals surface area contributed by atoms with Crippen LogP contribution in [0.15, 0.2) is 61.1 Å². The average molecular weight is 407 g/mol. The van der Waals surface area contributed by atoms with Gasteiger partial charge in [-0.3, -0.25) is 0 Å². The zero-order valence-electron chi connectivity index (χ0n) is 16.7. The minimum atomic E-state index is -0.617. The van der Waals surface area contributed by atoms with Gasteiger partial charge in [0.1, 0.15) is 18.2 Å². The molecule has 0 radical (unpaired) electrons. The third-order valence-electron chi connectivity index (χ3n) is 6.53. The Labute approximate surface area is 175 Å². The molecule has 2 aromatic carbocycles. The molecule has 148 valence electrons. The first kappa shape index (κ1) is 18.4. The van der Waals surface area contributed by atoms with Gasteiger partial charge >= 0.3 is 0 Å². The molecule has 5 rings (SSSR count). The van der Waals surface area contributed by atoms with Gasteiger partial charge in [0, 0.05) is 17.3 Å². The standard InChI is InChI=1S/C23H23FN4S/c1-4-23(29-24)16(3)22-27(18-11-7-5-9-15(18)2)20-13-25-14-26-21(20)28(22)19-12-8-6-10-17(19)23/h5-14,16,22H,4H2,1-3H3. The Morgan fingerprint density at radius 3 is 2.48 bits per heavy atom. The molecule has 3 heterocycles. The zero-order valence-corrected chi connectivity index (χ0v) is 17.5. The lowest BCUT2D eigenvalue weighted by molar-refractivity contribution is 0.322. The summed E-state index contributed by atoms with van der Waals surface area (Å²) in [6.07, 6.45) is 4.09. The van der Waals surface area contributed by atoms with Gasteiger partial charge in [-0.2, -0.15) is 3.89 Å². The van der Waals surface area contributed by atoms with E-state index in [1.54, 1.807) is 6.33 Å². The van der Waals surface area contributed by atoms with Gasteiger partial charge in [-0.05, 0) is 36.6 Å². The highest BCUT2D eigenvalue weighted by atomic mass is 32.2. The summed E-state index contributed by atoms with van der Waals surface area (Å²) >= 11 is 0.484. The summed E-state index contributed by atoms with van der Waals surface area (Å²) in [5.74, 6) is 0.882. The molecule has 0 saturated carbocycles. The number of hydrogen-bond donors (Lipinski definition) is 0. The van der Waals surface area contributed by atoms with Crippen LogP contribution < -0.4 is 9.80 Å². The normalized spacial score (nSPS) is 24.8. The number of para-hydroxylation sites is 2. The van der Waals surface area contributed by atoms with E-state index in [1.165, 1.54) is 5.56 Å². The largest absolute Gasteiger partial charge is 0.315 e. The number of benzene rings is 2. The van der Waals surface area contributed by atoms with Gasteiger partial charge in [0.25, 0.3) is 0 Å². The average Bonchev–Trinajstić information content (AvgIpc) is 3.11. The predicted molar refractivity (Wildman–Crippen MR) is 118 cm³/mol. The van der Waals surface area contributed by atoms with Crippen LogP contribution in [0.3, 0.4) is 0 Å². The summed E-state index contributed by atoms with van der Waals surface area (Å²) in [5, 5.41) is 0. The molecule has 0 saturated heterocycles. The molecule has 0 fully saturated rings. The van der Waals surface area contributed by atoms with Gasteiger partial charge in [0.2, 0.25) is 0 Å². The molecule has 4 nitrogen and oxygen atoms in total. The van der Waals surface area contributed by atoms with E-state index >= 15 is 0 Å². The molecular weight excluding hydrogens is 383 g/mol. The third kappa shape index (κ3) is 2.38. The van der Waals surface area contributed by atoms with Crippen molar-refractivity contribution in [2.75, 3.05) is 9.80 Å². The van der Waals surface area contributed by atoms with E-state index in [1.807, 2.05) is 30.5 Å². The van der Waals surface area contributed by atoms with Crippen molar-refractivity contribution >= 4 is 35.0 Å². The molecule has 3 aromatic rings. The summed E-state index contributed by atoms with van der Waals surface area (Å²) in [4.78, 5) is 13.5. The lowest BCUT2D eigenvalue weighted by atomic mass is 9.77. The van der Waals surface area contributed by atoms with Crippen molar-refractivity contribution in [3.63, 3.8) is 0 Å². The van der Waals surface area contributed by atoms with Crippen LogP contribution in [0.25, 0.3) is 0 Å². The maximum atomic E-state index is 14.7. The lowest BCUT2D eigenvalue weighted by Gasteiger charge is -2.50. The Morgan fingerprint density at radius 1 is 1.03 bits per heavy atom. The number of aromatic nitrogens is 2. The maximum absolute atomic E-state index is 14.7. The van der Waals surface area contributed by atoms with Crippen LogP contribution in [0.1, 0.15) is 31.4 Å². The van der Waals surface area contributed by atoms with Gasteiger partial charge < -0.3 is 9.80 Å². The van der Waals surface area contributed by atoms with Crippen LogP contribution >= 0.6 is 12.1 Å². The van der Waals surface area contributed by atoms with E-state index in [-0.39, 0.29) is 12.1 Å². The number of nitrogens with zero attached hydrogens (tertiary/aromatic N) is 4. The van der Waals surface area contributed by atoms with Gasteiger partial charge in [-0.25, -0.2) is 9.97 Å². The van der Waals surface area contributed by atoms with Crippen molar-refractivity contribution in [3.05, 3.63) is 72.2 Å². The number of aryl methyl sites for hydroxylation is 1. The van der Waals surface area contributed by atoms with Gasteiger partial charge in [0.15, 0.2) is 5.82 Å². The molecule has 29 heavy (non-hydrogen) atoms. The summed E-state index contributed by atoms with van der Waals surface area (Å²) in [5.41, 5.74) is 5.30. The summed E-state index contributed by atoms with van der Waals surface area (Å²) in [7, 11) is 0. The highest BCUT2D eigenvalue weighted by Crippen LogP contribution is 2.61. The van der Waals surface area contributed by atoms with E-state index in [4.69, 9.17) is 0 Å². The Morgan fingerprint density at radius 2 is 1.76 bits per heavy atom. The first-order valence-corrected chi connectivity index (χ1v) is 10.7. The monoisotopic (exact) mass is 406 g/mol. The van der Waals surface area contributed by atoms with Crippen LogP contribution in [0.5, 0.6) is 0 Å². The smallest absolute Gasteiger partial charge is 0.162 e. The molecule has 0 aliphatic carbocycles. The fourth-order valence-electron chi connectivity index (χ4n) is 5.07. The highest BCUT2D eigenvalue weighted by Gasteiger charge is 2.56. The van der Waals surface area contributed by atoms with Gasteiger partial charge in [-0.1, -0.05) is 50.2 Å². The second-order valence-electron chi connectivity index (χ2n) is 7.80. The topological polar surface area (TPSA) is 32.3 Å². The van der Waals surface area contributed by atoms with Gasteiger partial charge in [-0.15, -0.1) is 0 Å². The minimum Gasteiger partial charge on any atom is -0.315 e. The predicted octanol–water partition coefficient (Wildman–Crippen LogP) is 6.27. The summed E-state index contributed by atoms with van der Waals surface area (Å²) < 4.78 is 14.1. The van der Waals surface area contributed by atoms with Crippen LogP contribution in [-0.2, 0) is 4.75 Å². The van der Waals surface area contributed by atoms with Crippen molar-refractivity contribution in [3.8, 4) is 0 Å². The van der Waals surface area contributed by atoms with Crippen LogP contribution in [0.4, 0.5) is 26.8 Å². The second kappa shape index (κ2) is 6.73. The number of rotatable bonds is 3. The summed E-state index contributed by atoms with van der Waals surface area (Å²) in [6.45, 7) is 6.35. The zero-order chi connectivity index (χ0) is 20.2. The number of fused-ring (bicyclic) bond motifs is 5. The molecule has 3 unspecified atom stereocenters. The van der Waals surface area contributed by atoms with E-state index in [0.717, 1.165) is 28.4 Å². The molecule has 1 aromatic heterocycles. The van der Waals surface area contributed by atoms with Crippen molar-refractivity contribution in [1.82, 2.24) is 9.97 Å². The van der Waals surface area contributed by atoms with Crippen molar-refractivity contribution in [2.24, 2.45) is 5.92 Å². The number of halogens is 1. The Kier molecular flexibility index (Phi) is 4.28. The van der Waals surface area contributed by atoms with Crippen molar-refractivity contribution in [1.29, 1.82) is 0 Å². The quantitative estimate of drug-likeness (QED) is 0.511. The Bertz CT molecular complexity index is 1070. The Hall–Kier alpha value is -2.60. The SMILES string of the molecule is CCC1(SF)c2ccccc2N2c3ncncc3N(c3ccccc3C)C2C1C. The van der Waals surface area contributed by atoms with Gasteiger partial charge in [0.05, 0.1) is 23.1 Å². The molecular formula is C23H23FN4S. The molecule has 0 N–H and O–H groups in total. The first-order valence-electron chi connectivity index (χ1n) is 9.97. The van der Waals surface area contributed by atoms with Crippen molar-refractivity contribution in [2.45, 2.75) is 38.1 Å². The molecule has 3 atom stereocenters. The second-order valence-corrected chi connectivity index (χ2v) is 8.68. The van der Waals surface area contributed by atoms with Crippen LogP contribution in [0, 0.1) is 12.8 Å². The minimum absolute atomic E-state index is 0.00575. The maximum Gasteiger partial charge on any atom is 0.162 e. The lowest BCUT2D eigenvalue weighted by Crippen LogP contribution is -2.54. The van der Waals surface area contributed by atoms with E-state index in [9.17, 15) is 3.89 Å². The van der Waals surface area contributed by atoms with Crippen molar-refractivity contribution < 1.29 is 3.89 Å². The van der Waals surface area contributed by atoms with E-state index in [2.05, 4.69) is 64.8 Å². The number of anilines is 4. The Balaban J connectivity index is 1.82. The molecule has 6 heteroatoms. The first-order chi connectivity index (χ1) is 14.1. The summed E-state index contributed by atoms with van der Waals surface area (Å²) in [6, 6.07) is 16.5. The molecule has 0 spiro atoms. The fraction of sp³-hybridized carbons (Fsp3) is 0.304. The highest BCUT2D eigenvalue weighted by molar-refractivity contribution is 7.95. The molecule has 0 amide bonds. The third-order valence-corrected chi connectivity index (χ3v) is 7.69. The molecule has 0 bridgehead atoms. The molecule has 2 aliphatic rings. The molecule has 2 aliphatic heterocycles. The van der Waals surface area contributed by atoms with Crippen LogP contribution in [0.2, 0.25) is 0 Å². The van der Waals surface area contributed by atoms with Crippen LogP contribution in [-0.4, -0.2) is 16.1 Å². The fourth-order valence-corrected chi connectivity index (χ4v) is 5.70. The van der Waals surface area contributed by atoms with E-state index < -0.39 is 4.75 Å².